The molecule has 2 atom stereocenters. The minimum atomic E-state index is -1.64. The van der Waals surface area contributed by atoms with Crippen LogP contribution in [0.25, 0.3) is 0 Å². The number of alkyl halides is 2. The molecule has 0 aromatic heterocycles. The van der Waals surface area contributed by atoms with E-state index in [1.54, 1.807) is 0 Å². The molecule has 188 valence electrons. The Balaban J connectivity index is 1.57. The maximum atomic E-state index is 15.1. The molecule has 0 aliphatic heterocycles. The van der Waals surface area contributed by atoms with Crippen LogP contribution in [0.15, 0.2) is 42.5 Å². The van der Waals surface area contributed by atoms with E-state index in [0.717, 1.165) is 24.3 Å². The average molecular weight is 565 g/mol. The van der Waals surface area contributed by atoms with Crippen molar-refractivity contribution in [3.05, 3.63) is 87.7 Å². The third-order valence-corrected chi connectivity index (χ3v) is 6.82. The van der Waals surface area contributed by atoms with Crippen LogP contribution >= 0.6 is 34.8 Å². The van der Waals surface area contributed by atoms with Gasteiger partial charge in [0.25, 0.3) is 5.91 Å². The third kappa shape index (κ3) is 4.56. The molecular formula is C23H13Cl3F5N3O2. The van der Waals surface area contributed by atoms with E-state index in [1.807, 2.05) is 5.32 Å². The average Bonchev–Trinajstić information content (AvgIpc) is 3.40. The van der Waals surface area contributed by atoms with Gasteiger partial charge >= 0.3 is 0 Å². The Morgan fingerprint density at radius 2 is 1.42 bits per heavy atom. The first-order valence-corrected chi connectivity index (χ1v) is 11.1. The summed E-state index contributed by atoms with van der Waals surface area (Å²) >= 11 is 18.2. The number of halogens is 8. The van der Waals surface area contributed by atoms with Gasteiger partial charge in [0.1, 0.15) is 33.0 Å². The van der Waals surface area contributed by atoms with Crippen LogP contribution in [0.1, 0.15) is 21.8 Å². The van der Waals surface area contributed by atoms with Gasteiger partial charge in [0.2, 0.25) is 5.91 Å². The molecule has 0 spiro atoms. The molecule has 4 rings (SSSR count). The SMILES string of the molecule is Nc1c(F)ccc(NC(=O)c2c(F)ccc(NC(=O)C3C(c4ccc(F)c(Cl)c4)C3(Cl)Cl)c2F)c1F. The maximum Gasteiger partial charge on any atom is 0.261 e. The molecule has 1 saturated carbocycles. The van der Waals surface area contributed by atoms with E-state index in [1.165, 1.54) is 12.1 Å². The third-order valence-electron chi connectivity index (χ3n) is 5.59. The molecule has 3 aromatic rings. The number of carbonyl (C=O) groups excluding carboxylic acids is 2. The van der Waals surface area contributed by atoms with Gasteiger partial charge in [0, 0.05) is 5.92 Å². The van der Waals surface area contributed by atoms with Crippen LogP contribution in [-0.2, 0) is 4.79 Å². The van der Waals surface area contributed by atoms with Crippen LogP contribution in [0.2, 0.25) is 5.02 Å². The molecular weight excluding hydrogens is 552 g/mol. The zero-order valence-corrected chi connectivity index (χ0v) is 19.9. The molecule has 1 aliphatic carbocycles. The summed E-state index contributed by atoms with van der Waals surface area (Å²) in [6.07, 6.45) is 0. The van der Waals surface area contributed by atoms with Crippen molar-refractivity contribution in [3.8, 4) is 0 Å². The molecule has 3 aromatic carbocycles. The van der Waals surface area contributed by atoms with Gasteiger partial charge in [0.05, 0.1) is 22.3 Å². The Hall–Kier alpha value is -3.08. The molecule has 0 heterocycles. The number of carbonyl (C=O) groups is 2. The summed E-state index contributed by atoms with van der Waals surface area (Å²) in [6.45, 7) is 0. The van der Waals surface area contributed by atoms with Crippen LogP contribution in [0.3, 0.4) is 0 Å². The second kappa shape index (κ2) is 9.42. The lowest BCUT2D eigenvalue weighted by Crippen LogP contribution is -2.21. The van der Waals surface area contributed by atoms with Gasteiger partial charge < -0.3 is 16.4 Å². The Morgan fingerprint density at radius 1 is 0.833 bits per heavy atom. The number of hydrogen-bond acceptors (Lipinski definition) is 3. The lowest BCUT2D eigenvalue weighted by Gasteiger charge is -2.12. The molecule has 2 unspecified atom stereocenters. The first-order valence-electron chi connectivity index (χ1n) is 10.0. The van der Waals surface area contributed by atoms with Gasteiger partial charge in [-0.1, -0.05) is 17.7 Å². The number of benzene rings is 3. The van der Waals surface area contributed by atoms with Crippen LogP contribution in [-0.4, -0.2) is 16.1 Å². The van der Waals surface area contributed by atoms with E-state index < -0.39 is 79.7 Å². The highest BCUT2D eigenvalue weighted by Gasteiger charge is 2.67. The molecule has 13 heteroatoms. The molecule has 1 fully saturated rings. The summed E-state index contributed by atoms with van der Waals surface area (Å²) < 4.78 is 68.7. The topological polar surface area (TPSA) is 84.2 Å². The van der Waals surface area contributed by atoms with E-state index in [4.69, 9.17) is 40.5 Å². The Morgan fingerprint density at radius 3 is 2.06 bits per heavy atom. The van der Waals surface area contributed by atoms with E-state index in [0.29, 0.717) is 11.6 Å². The summed E-state index contributed by atoms with van der Waals surface area (Å²) in [5.41, 5.74) is 2.29. The monoisotopic (exact) mass is 563 g/mol. The first kappa shape index (κ1) is 26.0. The van der Waals surface area contributed by atoms with Gasteiger partial charge in [-0.3, -0.25) is 9.59 Å². The zero-order valence-electron chi connectivity index (χ0n) is 17.6. The van der Waals surface area contributed by atoms with Crippen LogP contribution in [0.4, 0.5) is 39.0 Å². The second-order valence-corrected chi connectivity index (χ2v) is 9.70. The van der Waals surface area contributed by atoms with E-state index in [9.17, 15) is 27.2 Å². The van der Waals surface area contributed by atoms with Crippen molar-refractivity contribution < 1.29 is 31.5 Å². The smallest absolute Gasteiger partial charge is 0.261 e. The summed E-state index contributed by atoms with van der Waals surface area (Å²) in [6, 6.07) is 6.76. The largest absolute Gasteiger partial charge is 0.394 e. The van der Waals surface area contributed by atoms with Gasteiger partial charge in [-0.05, 0) is 42.0 Å². The van der Waals surface area contributed by atoms with Gasteiger partial charge in [0.15, 0.2) is 11.6 Å². The molecule has 5 nitrogen and oxygen atoms in total. The van der Waals surface area contributed by atoms with E-state index in [2.05, 4.69) is 5.32 Å². The van der Waals surface area contributed by atoms with Crippen molar-refractivity contribution in [2.45, 2.75) is 10.3 Å². The minimum Gasteiger partial charge on any atom is -0.394 e. The summed E-state index contributed by atoms with van der Waals surface area (Å²) in [5, 5.41) is 3.87. The highest BCUT2D eigenvalue weighted by atomic mass is 35.5. The molecule has 0 saturated heterocycles. The van der Waals surface area contributed by atoms with Gasteiger partial charge in [-0.15, -0.1) is 23.2 Å². The van der Waals surface area contributed by atoms with Crippen molar-refractivity contribution >= 4 is 63.7 Å². The highest BCUT2D eigenvalue weighted by molar-refractivity contribution is 6.53. The standard InChI is InChI=1S/C23H13Cl3F5N3O2/c24-9-7-8(1-2-10(9)27)16-17(23(16,25)26)22(36)34-13-5-3-11(28)15(18(13)30)21(35)33-14-6-4-12(29)20(32)19(14)31/h1-7,16-17H,32H2,(H,33,35)(H,34,36). The fourth-order valence-electron chi connectivity index (χ4n) is 3.69. The number of nitrogen functional groups attached to an aromatic ring is 1. The molecule has 36 heavy (non-hydrogen) atoms. The molecule has 0 radical (unpaired) electrons. The number of nitrogens with one attached hydrogen (secondary N) is 2. The number of hydrogen-bond donors (Lipinski definition) is 3. The normalized spacial score (nSPS) is 18.0. The quantitative estimate of drug-likeness (QED) is 0.191. The van der Waals surface area contributed by atoms with Crippen LogP contribution < -0.4 is 16.4 Å². The maximum absolute atomic E-state index is 15.1. The number of nitrogens with two attached hydrogens (primary N) is 1. The molecule has 4 N–H and O–H groups in total. The predicted molar refractivity (Wildman–Crippen MR) is 126 cm³/mol. The Kier molecular flexibility index (Phi) is 6.80. The van der Waals surface area contributed by atoms with E-state index in [-0.39, 0.29) is 5.02 Å². The fraction of sp³-hybridized carbons (Fsp3) is 0.130. The lowest BCUT2D eigenvalue weighted by atomic mass is 10.1. The summed E-state index contributed by atoms with van der Waals surface area (Å²) in [4.78, 5) is 25.3. The Labute approximate surface area is 215 Å². The van der Waals surface area contributed by atoms with Crippen molar-refractivity contribution in [3.63, 3.8) is 0 Å². The predicted octanol–water partition coefficient (Wildman–Crippen LogP) is 6.40. The van der Waals surface area contributed by atoms with Gasteiger partial charge in [-0.2, -0.15) is 0 Å². The zero-order chi connectivity index (χ0) is 26.5. The molecule has 0 bridgehead atoms. The van der Waals surface area contributed by atoms with Crippen molar-refractivity contribution in [2.75, 3.05) is 16.4 Å². The second-order valence-electron chi connectivity index (χ2n) is 7.85. The lowest BCUT2D eigenvalue weighted by molar-refractivity contribution is -0.117. The summed E-state index contributed by atoms with van der Waals surface area (Å²) in [7, 11) is 0. The number of rotatable bonds is 5. The fourth-order valence-corrected chi connectivity index (χ4v) is 4.71. The molecule has 1 aliphatic rings. The van der Waals surface area contributed by atoms with Gasteiger partial charge in [-0.25, -0.2) is 22.0 Å². The van der Waals surface area contributed by atoms with Crippen molar-refractivity contribution in [1.82, 2.24) is 0 Å². The number of anilines is 3. The Bertz CT molecular complexity index is 1420. The summed E-state index contributed by atoms with van der Waals surface area (Å²) in [5.74, 6) is -10.2. The highest BCUT2D eigenvalue weighted by Crippen LogP contribution is 2.65. The first-order chi connectivity index (χ1) is 16.8. The van der Waals surface area contributed by atoms with Crippen LogP contribution in [0, 0.1) is 35.0 Å². The number of amides is 2. The van der Waals surface area contributed by atoms with E-state index >= 15 is 4.39 Å². The minimum absolute atomic E-state index is 0.220. The van der Waals surface area contributed by atoms with Crippen molar-refractivity contribution in [1.29, 1.82) is 0 Å². The van der Waals surface area contributed by atoms with Crippen LogP contribution in [0.5, 0.6) is 0 Å². The molecule has 2 amide bonds. The van der Waals surface area contributed by atoms with Crippen molar-refractivity contribution in [2.24, 2.45) is 5.92 Å².